The minimum atomic E-state index is -0.652. The number of hydrogen-bond donors (Lipinski definition) is 3. The molecule has 2 aromatic heterocycles. The average Bonchev–Trinajstić information content (AvgIpc) is 3.12. The van der Waals surface area contributed by atoms with Gasteiger partial charge in [-0.2, -0.15) is 0 Å². The van der Waals surface area contributed by atoms with Crippen LogP contribution in [-0.4, -0.2) is 34.1 Å². The quantitative estimate of drug-likeness (QED) is 0.464. The zero-order valence-corrected chi connectivity index (χ0v) is 18.0. The van der Waals surface area contributed by atoms with Gasteiger partial charge in [-0.25, -0.2) is 9.18 Å². The fraction of sp³-hybridized carbons (Fsp3) is 0.375. The van der Waals surface area contributed by atoms with E-state index in [1.165, 1.54) is 12.1 Å². The SMILES string of the molecule is CCOC(=O)CC1(NC(=O)Nc2c(-c3cccnc3)[nH]c3ccc(F)cc23)CCCCC1. The summed E-state index contributed by atoms with van der Waals surface area (Å²) in [4.78, 5) is 32.8. The Bertz CT molecular complexity index is 1110. The number of H-pyrrole nitrogens is 1. The van der Waals surface area contributed by atoms with E-state index >= 15 is 0 Å². The number of aromatic amines is 1. The molecule has 0 unspecified atom stereocenters. The summed E-state index contributed by atoms with van der Waals surface area (Å²) in [7, 11) is 0. The molecule has 8 heteroatoms. The second-order valence-corrected chi connectivity index (χ2v) is 8.21. The minimum Gasteiger partial charge on any atom is -0.466 e. The lowest BCUT2D eigenvalue weighted by molar-refractivity contribution is -0.145. The van der Waals surface area contributed by atoms with E-state index in [0.29, 0.717) is 41.7 Å². The van der Waals surface area contributed by atoms with Crippen LogP contribution in [0, 0.1) is 5.82 Å². The molecule has 32 heavy (non-hydrogen) atoms. The van der Waals surface area contributed by atoms with Gasteiger partial charge >= 0.3 is 12.0 Å². The second-order valence-electron chi connectivity index (χ2n) is 8.21. The van der Waals surface area contributed by atoms with Crippen molar-refractivity contribution in [1.29, 1.82) is 0 Å². The molecule has 1 aromatic carbocycles. The smallest absolute Gasteiger partial charge is 0.319 e. The van der Waals surface area contributed by atoms with Crippen LogP contribution in [0.3, 0.4) is 0 Å². The standard InChI is InChI=1S/C24H27FN4O3/c1-2-32-20(30)14-24(10-4-3-5-11-24)29-23(31)28-22-18-13-17(25)8-9-19(18)27-21(22)16-7-6-12-26-15-16/h6-9,12-13,15,27H,2-5,10-11,14H2,1H3,(H2,28,29,31). The predicted molar refractivity (Wildman–Crippen MR) is 121 cm³/mol. The fourth-order valence-electron chi connectivity index (χ4n) is 4.47. The Kier molecular flexibility index (Phi) is 6.39. The molecule has 1 aliphatic carbocycles. The first-order chi connectivity index (χ1) is 15.5. The monoisotopic (exact) mass is 438 g/mol. The Labute approximate surface area is 185 Å². The second kappa shape index (κ2) is 9.38. The number of aromatic nitrogens is 2. The number of rotatable bonds is 6. The third kappa shape index (κ3) is 4.74. The molecule has 4 rings (SSSR count). The molecule has 0 bridgehead atoms. The van der Waals surface area contributed by atoms with E-state index in [0.717, 1.165) is 24.8 Å². The minimum absolute atomic E-state index is 0.131. The van der Waals surface area contributed by atoms with Crippen LogP contribution in [0.25, 0.3) is 22.2 Å². The third-order valence-corrected chi connectivity index (χ3v) is 5.93. The molecule has 0 radical (unpaired) electrons. The normalized spacial score (nSPS) is 15.3. The van der Waals surface area contributed by atoms with E-state index in [-0.39, 0.29) is 12.4 Å². The number of nitrogens with zero attached hydrogens (tertiary/aromatic N) is 1. The van der Waals surface area contributed by atoms with Gasteiger partial charge in [-0.1, -0.05) is 19.3 Å². The van der Waals surface area contributed by atoms with Gasteiger partial charge in [0.05, 0.1) is 29.9 Å². The molecule has 7 nitrogen and oxygen atoms in total. The van der Waals surface area contributed by atoms with Crippen molar-refractivity contribution in [1.82, 2.24) is 15.3 Å². The molecule has 3 N–H and O–H groups in total. The van der Waals surface area contributed by atoms with Gasteiger partial charge in [0, 0.05) is 28.9 Å². The zero-order chi connectivity index (χ0) is 22.6. The molecular formula is C24H27FN4O3. The number of amides is 2. The summed E-state index contributed by atoms with van der Waals surface area (Å²) in [6, 6.07) is 7.60. The van der Waals surface area contributed by atoms with Gasteiger partial charge in [-0.3, -0.25) is 9.78 Å². The molecule has 0 atom stereocenters. The first-order valence-corrected chi connectivity index (χ1v) is 11.0. The fourth-order valence-corrected chi connectivity index (χ4v) is 4.47. The highest BCUT2D eigenvalue weighted by Gasteiger charge is 2.36. The van der Waals surface area contributed by atoms with Crippen molar-refractivity contribution in [2.45, 2.75) is 51.0 Å². The van der Waals surface area contributed by atoms with Crippen molar-refractivity contribution in [3.63, 3.8) is 0 Å². The molecule has 1 aliphatic rings. The molecule has 1 saturated carbocycles. The van der Waals surface area contributed by atoms with E-state index in [1.54, 1.807) is 31.5 Å². The van der Waals surface area contributed by atoms with Crippen LogP contribution < -0.4 is 10.6 Å². The van der Waals surface area contributed by atoms with Gasteiger partial charge in [0.2, 0.25) is 0 Å². The van der Waals surface area contributed by atoms with Gasteiger partial charge in [0.1, 0.15) is 5.82 Å². The topological polar surface area (TPSA) is 96.1 Å². The number of fused-ring (bicyclic) bond motifs is 1. The number of nitrogens with one attached hydrogen (secondary N) is 3. The van der Waals surface area contributed by atoms with Crippen molar-refractivity contribution in [3.8, 4) is 11.3 Å². The van der Waals surface area contributed by atoms with E-state index in [9.17, 15) is 14.0 Å². The van der Waals surface area contributed by atoms with Crippen molar-refractivity contribution < 1.29 is 18.7 Å². The summed E-state index contributed by atoms with van der Waals surface area (Å²) in [6.07, 6.45) is 7.81. The summed E-state index contributed by atoms with van der Waals surface area (Å²) < 4.78 is 19.2. The number of anilines is 1. The molecule has 2 amide bonds. The Balaban J connectivity index is 1.64. The van der Waals surface area contributed by atoms with Crippen LogP contribution in [0.15, 0.2) is 42.7 Å². The number of urea groups is 1. The first-order valence-electron chi connectivity index (χ1n) is 11.0. The number of halogens is 1. The highest BCUT2D eigenvalue weighted by Crippen LogP contribution is 2.36. The number of hydrogen-bond acceptors (Lipinski definition) is 4. The molecule has 0 saturated heterocycles. The maximum Gasteiger partial charge on any atom is 0.319 e. The van der Waals surface area contributed by atoms with E-state index in [2.05, 4.69) is 20.6 Å². The van der Waals surface area contributed by atoms with Crippen molar-refractivity contribution in [3.05, 3.63) is 48.5 Å². The lowest BCUT2D eigenvalue weighted by atomic mass is 9.79. The maximum atomic E-state index is 14.0. The van der Waals surface area contributed by atoms with Crippen molar-refractivity contribution >= 4 is 28.6 Å². The van der Waals surface area contributed by atoms with Crippen LogP contribution >= 0.6 is 0 Å². The Morgan fingerprint density at radius 3 is 2.75 bits per heavy atom. The third-order valence-electron chi connectivity index (χ3n) is 5.93. The first kappa shape index (κ1) is 21.8. The summed E-state index contributed by atoms with van der Waals surface area (Å²) >= 11 is 0. The van der Waals surface area contributed by atoms with Crippen LogP contribution in [0.1, 0.15) is 45.4 Å². The van der Waals surface area contributed by atoms with Crippen LogP contribution in [0.5, 0.6) is 0 Å². The van der Waals surface area contributed by atoms with Gasteiger partial charge in [0.25, 0.3) is 0 Å². The average molecular weight is 439 g/mol. The number of pyridine rings is 1. The Morgan fingerprint density at radius 2 is 2.03 bits per heavy atom. The van der Waals surface area contributed by atoms with E-state index in [4.69, 9.17) is 4.74 Å². The largest absolute Gasteiger partial charge is 0.466 e. The molecule has 2 heterocycles. The van der Waals surface area contributed by atoms with Gasteiger partial charge in [0.15, 0.2) is 0 Å². The summed E-state index contributed by atoms with van der Waals surface area (Å²) in [5.41, 5.74) is 1.90. The number of ether oxygens (including phenoxy) is 1. The number of carbonyl (C=O) groups excluding carboxylic acids is 2. The van der Waals surface area contributed by atoms with Crippen LogP contribution in [0.4, 0.5) is 14.9 Å². The van der Waals surface area contributed by atoms with Crippen molar-refractivity contribution in [2.75, 3.05) is 11.9 Å². The lowest BCUT2D eigenvalue weighted by Crippen LogP contribution is -2.52. The Hall–Kier alpha value is -3.42. The van der Waals surface area contributed by atoms with Gasteiger partial charge in [-0.15, -0.1) is 0 Å². The zero-order valence-electron chi connectivity index (χ0n) is 18.0. The summed E-state index contributed by atoms with van der Waals surface area (Å²) in [5, 5.41) is 6.51. The molecule has 3 aromatic rings. The summed E-state index contributed by atoms with van der Waals surface area (Å²) in [5.74, 6) is -0.719. The lowest BCUT2D eigenvalue weighted by Gasteiger charge is -2.37. The molecule has 0 spiro atoms. The molecule has 1 fully saturated rings. The van der Waals surface area contributed by atoms with Crippen LogP contribution in [-0.2, 0) is 9.53 Å². The van der Waals surface area contributed by atoms with Crippen molar-refractivity contribution in [2.24, 2.45) is 0 Å². The molecular weight excluding hydrogens is 411 g/mol. The van der Waals surface area contributed by atoms with Crippen LogP contribution in [0.2, 0.25) is 0 Å². The number of esters is 1. The van der Waals surface area contributed by atoms with Gasteiger partial charge < -0.3 is 20.4 Å². The Morgan fingerprint density at radius 1 is 1.22 bits per heavy atom. The maximum absolute atomic E-state index is 14.0. The number of benzene rings is 1. The molecule has 168 valence electrons. The predicted octanol–water partition coefficient (Wildman–Crippen LogP) is 5.15. The van der Waals surface area contributed by atoms with Gasteiger partial charge in [-0.05, 0) is 50.1 Å². The highest BCUT2D eigenvalue weighted by molar-refractivity contribution is 6.07. The molecule has 0 aliphatic heterocycles. The van der Waals surface area contributed by atoms with E-state index in [1.807, 2.05) is 6.07 Å². The summed E-state index contributed by atoms with van der Waals surface area (Å²) in [6.45, 7) is 2.07. The highest BCUT2D eigenvalue weighted by atomic mass is 19.1. The van der Waals surface area contributed by atoms with E-state index < -0.39 is 17.4 Å². The number of carbonyl (C=O) groups is 2.